The van der Waals surface area contributed by atoms with Crippen LogP contribution in [-0.2, 0) is 14.6 Å². The van der Waals surface area contributed by atoms with E-state index < -0.39 is 38.2 Å². The maximum Gasteiger partial charge on any atom is 0.312 e. The van der Waals surface area contributed by atoms with E-state index in [1.54, 1.807) is 0 Å². The van der Waals surface area contributed by atoms with Gasteiger partial charge in [0.05, 0.1) is 5.25 Å². The first kappa shape index (κ1) is 14.0. The van der Waals surface area contributed by atoms with Crippen molar-refractivity contribution in [1.82, 2.24) is 0 Å². The minimum atomic E-state index is -3.59. The van der Waals surface area contributed by atoms with Crippen LogP contribution in [0.4, 0.5) is 4.39 Å². The molecule has 0 bridgehead atoms. The molecule has 1 saturated carbocycles. The summed E-state index contributed by atoms with van der Waals surface area (Å²) in [5, 5.41) is 8.19. The van der Waals surface area contributed by atoms with Gasteiger partial charge in [-0.2, -0.15) is 0 Å². The van der Waals surface area contributed by atoms with Crippen LogP contribution in [0.5, 0.6) is 0 Å². The molecule has 19 heavy (non-hydrogen) atoms. The van der Waals surface area contributed by atoms with Crippen molar-refractivity contribution in [2.75, 3.05) is 12.8 Å². The van der Waals surface area contributed by atoms with Crippen molar-refractivity contribution in [3.8, 4) is 0 Å². The molecule has 0 unspecified atom stereocenters. The quantitative estimate of drug-likeness (QED) is 0.833. The monoisotopic (exact) mass is 287 g/mol. The molecular weight excluding hydrogens is 273 g/mol. The standard InChI is InChI=1S/C12H14FNO4S/c1-19(17,18)10-9(12(10,6-14)11(15)16)7-3-2-4-8(13)5-7/h2-5,9-10H,6,14H2,1H3,(H,15,16)/t9-,10+,12+/m0/s1. The average molecular weight is 287 g/mol. The summed E-state index contributed by atoms with van der Waals surface area (Å²) in [4.78, 5) is 11.4. The molecule has 0 heterocycles. The summed E-state index contributed by atoms with van der Waals surface area (Å²) in [5.74, 6) is -2.60. The van der Waals surface area contributed by atoms with Crippen molar-refractivity contribution in [1.29, 1.82) is 0 Å². The van der Waals surface area contributed by atoms with Gasteiger partial charge in [-0.05, 0) is 17.7 Å². The maximum atomic E-state index is 13.2. The predicted molar refractivity (Wildman–Crippen MR) is 66.9 cm³/mol. The Labute approximate surface area is 110 Å². The molecular formula is C12H14FNO4S. The summed E-state index contributed by atoms with van der Waals surface area (Å²) in [7, 11) is -3.59. The second-order valence-corrected chi connectivity index (χ2v) is 7.00. The molecule has 0 saturated heterocycles. The van der Waals surface area contributed by atoms with Crippen LogP contribution >= 0.6 is 0 Å². The number of carbonyl (C=O) groups is 1. The van der Waals surface area contributed by atoms with Gasteiger partial charge < -0.3 is 10.8 Å². The molecule has 2 rings (SSSR count). The molecule has 3 atom stereocenters. The van der Waals surface area contributed by atoms with Gasteiger partial charge in [-0.25, -0.2) is 12.8 Å². The largest absolute Gasteiger partial charge is 0.481 e. The number of rotatable bonds is 4. The molecule has 1 aromatic rings. The van der Waals surface area contributed by atoms with Crippen molar-refractivity contribution in [3.63, 3.8) is 0 Å². The predicted octanol–water partition coefficient (Wildman–Crippen LogP) is 0.366. The van der Waals surface area contributed by atoms with Crippen LogP contribution in [0.3, 0.4) is 0 Å². The molecule has 0 spiro atoms. The lowest BCUT2D eigenvalue weighted by Gasteiger charge is -2.09. The summed E-state index contributed by atoms with van der Waals surface area (Å²) in [5.41, 5.74) is 4.28. The van der Waals surface area contributed by atoms with Gasteiger partial charge in [-0.3, -0.25) is 4.79 Å². The average Bonchev–Trinajstić information content (AvgIpc) is 2.99. The molecule has 7 heteroatoms. The summed E-state index contributed by atoms with van der Waals surface area (Å²) >= 11 is 0. The Kier molecular flexibility index (Phi) is 3.14. The van der Waals surface area contributed by atoms with Gasteiger partial charge in [0.1, 0.15) is 11.2 Å². The SMILES string of the molecule is CS(=O)(=O)[C@@H]1[C@H](c2cccc(F)c2)[C@@]1(CN)C(=O)O. The van der Waals surface area contributed by atoms with E-state index in [9.17, 15) is 22.7 Å². The van der Waals surface area contributed by atoms with E-state index in [-0.39, 0.29) is 6.54 Å². The molecule has 0 aromatic heterocycles. The number of carboxylic acids is 1. The van der Waals surface area contributed by atoms with E-state index in [0.717, 1.165) is 12.3 Å². The lowest BCUT2D eigenvalue weighted by atomic mass is 9.99. The first-order valence-electron chi connectivity index (χ1n) is 5.63. The van der Waals surface area contributed by atoms with Crippen molar-refractivity contribution in [2.24, 2.45) is 11.1 Å². The normalized spacial score (nSPS) is 30.1. The molecule has 1 aliphatic rings. The van der Waals surface area contributed by atoms with Crippen LogP contribution in [0.25, 0.3) is 0 Å². The summed E-state index contributed by atoms with van der Waals surface area (Å²) in [6.45, 7) is -0.304. The maximum absolute atomic E-state index is 13.2. The minimum Gasteiger partial charge on any atom is -0.481 e. The molecule has 1 aliphatic carbocycles. The third kappa shape index (κ3) is 2.02. The Morgan fingerprint density at radius 2 is 2.16 bits per heavy atom. The second kappa shape index (κ2) is 4.28. The number of halogens is 1. The van der Waals surface area contributed by atoms with E-state index in [0.29, 0.717) is 5.56 Å². The molecule has 1 aromatic carbocycles. The van der Waals surface area contributed by atoms with Gasteiger partial charge in [0.15, 0.2) is 9.84 Å². The number of benzene rings is 1. The molecule has 0 aliphatic heterocycles. The highest BCUT2D eigenvalue weighted by atomic mass is 32.2. The fraction of sp³-hybridized carbons (Fsp3) is 0.417. The van der Waals surface area contributed by atoms with Gasteiger partial charge in [0.25, 0.3) is 0 Å². The molecule has 104 valence electrons. The highest BCUT2D eigenvalue weighted by Gasteiger charge is 2.74. The first-order valence-corrected chi connectivity index (χ1v) is 7.58. The van der Waals surface area contributed by atoms with Gasteiger partial charge in [-0.15, -0.1) is 0 Å². The van der Waals surface area contributed by atoms with Crippen LogP contribution in [0.15, 0.2) is 24.3 Å². The number of aliphatic carboxylic acids is 1. The third-order valence-corrected chi connectivity index (χ3v) is 5.28. The van der Waals surface area contributed by atoms with E-state index in [2.05, 4.69) is 0 Å². The number of nitrogens with two attached hydrogens (primary N) is 1. The molecule has 5 nitrogen and oxygen atoms in total. The zero-order valence-electron chi connectivity index (χ0n) is 10.2. The highest BCUT2D eigenvalue weighted by molar-refractivity contribution is 7.91. The molecule has 3 N–H and O–H groups in total. The lowest BCUT2D eigenvalue weighted by molar-refractivity contribution is -0.143. The molecule has 1 fully saturated rings. The summed E-state index contributed by atoms with van der Waals surface area (Å²) in [6, 6.07) is 5.31. The minimum absolute atomic E-state index is 0.304. The van der Waals surface area contributed by atoms with E-state index in [1.165, 1.54) is 18.2 Å². The third-order valence-electron chi connectivity index (χ3n) is 3.66. The Hall–Kier alpha value is -1.47. The first-order chi connectivity index (χ1) is 8.75. The Morgan fingerprint density at radius 1 is 1.53 bits per heavy atom. The van der Waals surface area contributed by atoms with Gasteiger partial charge in [0, 0.05) is 18.7 Å². The zero-order chi connectivity index (χ0) is 14.4. The van der Waals surface area contributed by atoms with E-state index >= 15 is 0 Å². The number of sulfone groups is 1. The summed E-state index contributed by atoms with van der Waals surface area (Å²) < 4.78 is 36.7. The van der Waals surface area contributed by atoms with Crippen molar-refractivity contribution in [3.05, 3.63) is 35.6 Å². The fourth-order valence-corrected chi connectivity index (χ4v) is 4.71. The highest BCUT2D eigenvalue weighted by Crippen LogP contribution is 2.62. The second-order valence-electron chi connectivity index (χ2n) is 4.83. The van der Waals surface area contributed by atoms with Gasteiger partial charge in [0.2, 0.25) is 0 Å². The summed E-state index contributed by atoms with van der Waals surface area (Å²) in [6.07, 6.45) is 0.977. The zero-order valence-corrected chi connectivity index (χ0v) is 11.0. The van der Waals surface area contributed by atoms with Crippen molar-refractivity contribution >= 4 is 15.8 Å². The number of hydrogen-bond donors (Lipinski definition) is 2. The molecule has 0 radical (unpaired) electrons. The van der Waals surface area contributed by atoms with Crippen LogP contribution in [0.1, 0.15) is 11.5 Å². The van der Waals surface area contributed by atoms with Crippen molar-refractivity contribution < 1.29 is 22.7 Å². The lowest BCUT2D eigenvalue weighted by Crippen LogP contribution is -2.31. The number of hydrogen-bond acceptors (Lipinski definition) is 4. The Morgan fingerprint density at radius 3 is 2.53 bits per heavy atom. The molecule has 0 amide bonds. The Bertz CT molecular complexity index is 630. The smallest absolute Gasteiger partial charge is 0.312 e. The Balaban J connectivity index is 2.53. The fourth-order valence-electron chi connectivity index (χ4n) is 2.79. The van der Waals surface area contributed by atoms with E-state index in [4.69, 9.17) is 5.73 Å². The van der Waals surface area contributed by atoms with Crippen LogP contribution in [0.2, 0.25) is 0 Å². The van der Waals surface area contributed by atoms with Crippen molar-refractivity contribution in [2.45, 2.75) is 11.2 Å². The number of carboxylic acid groups (broad SMARTS) is 1. The van der Waals surface area contributed by atoms with Crippen LogP contribution in [0, 0.1) is 11.2 Å². The topological polar surface area (TPSA) is 97.5 Å². The van der Waals surface area contributed by atoms with E-state index in [1.807, 2.05) is 0 Å². The van der Waals surface area contributed by atoms with Crippen LogP contribution < -0.4 is 5.73 Å². The van der Waals surface area contributed by atoms with Gasteiger partial charge in [-0.1, -0.05) is 12.1 Å². The van der Waals surface area contributed by atoms with Crippen LogP contribution in [-0.4, -0.2) is 37.5 Å². The van der Waals surface area contributed by atoms with Gasteiger partial charge >= 0.3 is 5.97 Å².